The Bertz CT molecular complexity index is 481. The van der Waals surface area contributed by atoms with Gasteiger partial charge in [0.2, 0.25) is 0 Å². The monoisotopic (exact) mass is 266 g/mol. The van der Waals surface area contributed by atoms with Crippen LogP contribution in [0.4, 0.5) is 0 Å². The van der Waals surface area contributed by atoms with Gasteiger partial charge in [-0.2, -0.15) is 0 Å². The van der Waals surface area contributed by atoms with E-state index in [2.05, 4.69) is 5.16 Å². The van der Waals surface area contributed by atoms with Gasteiger partial charge in [-0.1, -0.05) is 5.16 Å². The van der Waals surface area contributed by atoms with E-state index in [0.29, 0.717) is 50.6 Å². The lowest BCUT2D eigenvalue weighted by atomic mass is 10.0. The average Bonchev–Trinajstić information content (AvgIpc) is 2.99. The van der Waals surface area contributed by atoms with Crippen molar-refractivity contribution in [1.82, 2.24) is 10.1 Å². The van der Waals surface area contributed by atoms with Crippen molar-refractivity contribution < 1.29 is 18.8 Å². The first-order valence-electron chi connectivity index (χ1n) is 6.61. The number of likely N-dealkylation sites (tertiary alicyclic amines) is 1. The number of rotatable bonds is 1. The molecule has 0 saturated carbocycles. The summed E-state index contributed by atoms with van der Waals surface area (Å²) in [6.07, 6.45) is 1.43. The molecule has 6 nitrogen and oxygen atoms in total. The van der Waals surface area contributed by atoms with Crippen LogP contribution in [0, 0.1) is 13.8 Å². The summed E-state index contributed by atoms with van der Waals surface area (Å²) < 4.78 is 16.4. The molecule has 1 aromatic heterocycles. The van der Waals surface area contributed by atoms with Gasteiger partial charge < -0.3 is 18.9 Å². The Kier molecular flexibility index (Phi) is 3.06. The van der Waals surface area contributed by atoms with Gasteiger partial charge >= 0.3 is 0 Å². The second-order valence-electron chi connectivity index (χ2n) is 5.11. The minimum atomic E-state index is -0.453. The molecule has 2 fully saturated rings. The summed E-state index contributed by atoms with van der Waals surface area (Å²) in [5.74, 6) is 0.174. The Labute approximate surface area is 111 Å². The van der Waals surface area contributed by atoms with Gasteiger partial charge in [-0.3, -0.25) is 4.79 Å². The van der Waals surface area contributed by atoms with Crippen molar-refractivity contribution in [2.24, 2.45) is 0 Å². The lowest BCUT2D eigenvalue weighted by molar-refractivity contribution is -0.181. The minimum absolute atomic E-state index is 0.0674. The molecule has 0 bridgehead atoms. The quantitative estimate of drug-likeness (QED) is 0.766. The molecular weight excluding hydrogens is 248 g/mol. The normalized spacial score (nSPS) is 22.1. The molecule has 6 heteroatoms. The number of ether oxygens (including phenoxy) is 2. The van der Waals surface area contributed by atoms with E-state index in [1.807, 2.05) is 13.8 Å². The zero-order valence-electron chi connectivity index (χ0n) is 11.3. The van der Waals surface area contributed by atoms with Crippen LogP contribution in [0.2, 0.25) is 0 Å². The third kappa shape index (κ3) is 2.15. The van der Waals surface area contributed by atoms with Gasteiger partial charge in [0.1, 0.15) is 5.76 Å². The van der Waals surface area contributed by atoms with Crippen LogP contribution < -0.4 is 0 Å². The molecular formula is C13H18N2O4. The topological polar surface area (TPSA) is 64.8 Å². The van der Waals surface area contributed by atoms with E-state index in [1.165, 1.54) is 0 Å². The number of aryl methyl sites for hydroxylation is 1. The van der Waals surface area contributed by atoms with E-state index < -0.39 is 5.79 Å². The highest BCUT2D eigenvalue weighted by molar-refractivity contribution is 5.93. The standard InChI is InChI=1S/C13H18N2O4/c1-9-10(2)19-14-11(9)12(16)15-5-3-13(4-6-15)17-7-8-18-13/h3-8H2,1-2H3. The van der Waals surface area contributed by atoms with Crippen molar-refractivity contribution in [3.8, 4) is 0 Å². The van der Waals surface area contributed by atoms with Crippen LogP contribution in [0.15, 0.2) is 4.52 Å². The van der Waals surface area contributed by atoms with Crippen molar-refractivity contribution in [2.75, 3.05) is 26.3 Å². The number of carbonyl (C=O) groups excluding carboxylic acids is 1. The van der Waals surface area contributed by atoms with E-state index in [9.17, 15) is 4.79 Å². The maximum Gasteiger partial charge on any atom is 0.276 e. The number of nitrogens with zero attached hydrogens (tertiary/aromatic N) is 2. The number of hydrogen-bond donors (Lipinski definition) is 0. The summed E-state index contributed by atoms with van der Waals surface area (Å²) in [5, 5.41) is 3.85. The van der Waals surface area contributed by atoms with Crippen molar-refractivity contribution in [2.45, 2.75) is 32.5 Å². The van der Waals surface area contributed by atoms with Crippen LogP contribution >= 0.6 is 0 Å². The summed E-state index contributed by atoms with van der Waals surface area (Å²) in [4.78, 5) is 14.2. The van der Waals surface area contributed by atoms with Gasteiger partial charge in [0.05, 0.1) is 13.2 Å². The van der Waals surface area contributed by atoms with Crippen molar-refractivity contribution in [3.05, 3.63) is 17.0 Å². The van der Waals surface area contributed by atoms with E-state index in [0.717, 1.165) is 5.56 Å². The number of carbonyl (C=O) groups is 1. The molecule has 2 saturated heterocycles. The molecule has 0 radical (unpaired) electrons. The highest BCUT2D eigenvalue weighted by atomic mass is 16.7. The lowest BCUT2D eigenvalue weighted by Gasteiger charge is -2.37. The number of hydrogen-bond acceptors (Lipinski definition) is 5. The Morgan fingerprint density at radius 2 is 1.84 bits per heavy atom. The van der Waals surface area contributed by atoms with Crippen LogP contribution in [-0.4, -0.2) is 48.1 Å². The van der Waals surface area contributed by atoms with Gasteiger partial charge in [-0.25, -0.2) is 0 Å². The van der Waals surface area contributed by atoms with Crippen LogP contribution in [0.1, 0.15) is 34.7 Å². The van der Waals surface area contributed by atoms with Crippen LogP contribution in [0.3, 0.4) is 0 Å². The summed E-state index contributed by atoms with van der Waals surface area (Å²) in [5.41, 5.74) is 1.24. The molecule has 0 N–H and O–H groups in total. The number of piperidine rings is 1. The second-order valence-corrected chi connectivity index (χ2v) is 5.11. The third-order valence-electron chi connectivity index (χ3n) is 3.99. The molecule has 19 heavy (non-hydrogen) atoms. The Balaban J connectivity index is 1.68. The van der Waals surface area contributed by atoms with Gasteiger partial charge in [-0.05, 0) is 13.8 Å². The maximum atomic E-state index is 12.4. The molecule has 1 amide bonds. The van der Waals surface area contributed by atoms with E-state index >= 15 is 0 Å². The molecule has 3 rings (SSSR count). The van der Waals surface area contributed by atoms with Crippen molar-refractivity contribution >= 4 is 5.91 Å². The van der Waals surface area contributed by atoms with Gasteiger partial charge in [0, 0.05) is 31.5 Å². The van der Waals surface area contributed by atoms with Crippen molar-refractivity contribution in [3.63, 3.8) is 0 Å². The Morgan fingerprint density at radius 1 is 1.21 bits per heavy atom. The minimum Gasteiger partial charge on any atom is -0.361 e. The van der Waals surface area contributed by atoms with Gasteiger partial charge in [0.15, 0.2) is 11.5 Å². The third-order valence-corrected chi connectivity index (χ3v) is 3.99. The fourth-order valence-electron chi connectivity index (χ4n) is 2.60. The van der Waals surface area contributed by atoms with Gasteiger partial charge in [-0.15, -0.1) is 0 Å². The first kappa shape index (κ1) is 12.6. The summed E-state index contributed by atoms with van der Waals surface area (Å²) in [7, 11) is 0. The smallest absolute Gasteiger partial charge is 0.276 e. The van der Waals surface area contributed by atoms with Crippen LogP contribution in [-0.2, 0) is 9.47 Å². The molecule has 2 aliphatic heterocycles. The molecule has 0 aliphatic carbocycles. The van der Waals surface area contributed by atoms with Gasteiger partial charge in [0.25, 0.3) is 5.91 Å². The second kappa shape index (κ2) is 4.61. The van der Waals surface area contributed by atoms with E-state index in [1.54, 1.807) is 4.90 Å². The molecule has 1 aromatic rings. The maximum absolute atomic E-state index is 12.4. The zero-order valence-corrected chi connectivity index (χ0v) is 11.3. The molecule has 0 unspecified atom stereocenters. The molecule has 0 atom stereocenters. The predicted octanol–water partition coefficient (Wildman–Crippen LogP) is 1.27. The van der Waals surface area contributed by atoms with Crippen LogP contribution in [0.25, 0.3) is 0 Å². The summed E-state index contributed by atoms with van der Waals surface area (Å²) in [6.45, 7) is 6.22. The first-order valence-corrected chi connectivity index (χ1v) is 6.61. The van der Waals surface area contributed by atoms with E-state index in [-0.39, 0.29) is 5.91 Å². The average molecular weight is 266 g/mol. The molecule has 1 spiro atoms. The number of amides is 1. The fraction of sp³-hybridized carbons (Fsp3) is 0.692. The first-order chi connectivity index (χ1) is 9.11. The molecule has 3 heterocycles. The summed E-state index contributed by atoms with van der Waals surface area (Å²) >= 11 is 0. The predicted molar refractivity (Wildman–Crippen MR) is 65.7 cm³/mol. The summed E-state index contributed by atoms with van der Waals surface area (Å²) in [6, 6.07) is 0. The van der Waals surface area contributed by atoms with Crippen molar-refractivity contribution in [1.29, 1.82) is 0 Å². The largest absolute Gasteiger partial charge is 0.361 e. The molecule has 0 aromatic carbocycles. The number of aromatic nitrogens is 1. The highest BCUT2D eigenvalue weighted by Gasteiger charge is 2.41. The van der Waals surface area contributed by atoms with E-state index in [4.69, 9.17) is 14.0 Å². The molecule has 2 aliphatic rings. The fourth-order valence-corrected chi connectivity index (χ4v) is 2.60. The molecule has 104 valence electrons. The lowest BCUT2D eigenvalue weighted by Crippen LogP contribution is -2.47. The Morgan fingerprint density at radius 3 is 2.37 bits per heavy atom. The Hall–Kier alpha value is -1.40. The SMILES string of the molecule is Cc1onc(C(=O)N2CCC3(CC2)OCCO3)c1C. The highest BCUT2D eigenvalue weighted by Crippen LogP contribution is 2.31. The van der Waals surface area contributed by atoms with Crippen LogP contribution in [0.5, 0.6) is 0 Å². The zero-order chi connectivity index (χ0) is 13.5.